The van der Waals surface area contributed by atoms with Gasteiger partial charge in [0.25, 0.3) is 0 Å². The van der Waals surface area contributed by atoms with E-state index in [0.717, 1.165) is 17.7 Å². The van der Waals surface area contributed by atoms with E-state index in [1.807, 2.05) is 42.5 Å². The first-order chi connectivity index (χ1) is 12.1. The van der Waals surface area contributed by atoms with Crippen LogP contribution < -0.4 is 10.6 Å². The standard InChI is InChI=1S/C21H28N2O2/c1-15-8-6-11-18(16(15)2)23-20(24)14-22-21(19-12-7-13-25-19)17-9-4-3-5-10-17/h3-5,7,9-10,12-13,15-16,18,21-22H,6,8,11,14H2,1-2H3,(H,23,24)/t15-,16-,18+,21+/m1/s1. The average molecular weight is 340 g/mol. The van der Waals surface area contributed by atoms with Gasteiger partial charge in [-0.15, -0.1) is 0 Å². The fourth-order valence-corrected chi connectivity index (χ4v) is 3.72. The number of carbonyl (C=O) groups is 1. The lowest BCUT2D eigenvalue weighted by Crippen LogP contribution is -2.47. The number of hydrogen-bond acceptors (Lipinski definition) is 3. The Labute approximate surface area is 150 Å². The third-order valence-electron chi connectivity index (χ3n) is 5.48. The van der Waals surface area contributed by atoms with Gasteiger partial charge in [0.2, 0.25) is 5.91 Å². The third kappa shape index (κ3) is 4.51. The van der Waals surface area contributed by atoms with Crippen LogP contribution in [-0.4, -0.2) is 18.5 Å². The second-order valence-electron chi connectivity index (χ2n) is 7.18. The first-order valence-electron chi connectivity index (χ1n) is 9.26. The van der Waals surface area contributed by atoms with Crippen LogP contribution in [0, 0.1) is 11.8 Å². The summed E-state index contributed by atoms with van der Waals surface area (Å²) in [6.07, 6.45) is 5.21. The number of hydrogen-bond donors (Lipinski definition) is 2. The minimum Gasteiger partial charge on any atom is -0.467 e. The molecule has 0 unspecified atom stereocenters. The van der Waals surface area contributed by atoms with Crippen molar-refractivity contribution in [3.8, 4) is 0 Å². The second kappa shape index (κ2) is 8.34. The Hall–Kier alpha value is -2.07. The monoisotopic (exact) mass is 340 g/mol. The maximum Gasteiger partial charge on any atom is 0.234 e. The van der Waals surface area contributed by atoms with Crippen molar-refractivity contribution in [2.75, 3.05) is 6.54 Å². The predicted molar refractivity (Wildman–Crippen MR) is 99.1 cm³/mol. The molecule has 1 heterocycles. The van der Waals surface area contributed by atoms with Crippen LogP contribution in [0.5, 0.6) is 0 Å². The van der Waals surface area contributed by atoms with Crippen molar-refractivity contribution in [2.24, 2.45) is 11.8 Å². The van der Waals surface area contributed by atoms with E-state index in [2.05, 4.69) is 24.5 Å². The zero-order valence-electron chi connectivity index (χ0n) is 15.1. The van der Waals surface area contributed by atoms with E-state index in [4.69, 9.17) is 4.42 Å². The Bertz CT molecular complexity index is 654. The molecule has 0 aliphatic heterocycles. The summed E-state index contributed by atoms with van der Waals surface area (Å²) in [4.78, 5) is 12.5. The lowest BCUT2D eigenvalue weighted by molar-refractivity contribution is -0.121. The van der Waals surface area contributed by atoms with Crippen molar-refractivity contribution in [3.63, 3.8) is 0 Å². The number of nitrogens with one attached hydrogen (secondary N) is 2. The molecule has 0 bridgehead atoms. The first-order valence-corrected chi connectivity index (χ1v) is 9.26. The molecule has 4 nitrogen and oxygen atoms in total. The zero-order valence-corrected chi connectivity index (χ0v) is 15.1. The van der Waals surface area contributed by atoms with Crippen molar-refractivity contribution < 1.29 is 9.21 Å². The van der Waals surface area contributed by atoms with Gasteiger partial charge in [-0.1, -0.05) is 57.0 Å². The number of furan rings is 1. The molecule has 0 saturated heterocycles. The van der Waals surface area contributed by atoms with Gasteiger partial charge < -0.3 is 9.73 Å². The maximum absolute atomic E-state index is 12.5. The van der Waals surface area contributed by atoms with Gasteiger partial charge >= 0.3 is 0 Å². The Morgan fingerprint density at radius 3 is 2.68 bits per heavy atom. The van der Waals surface area contributed by atoms with E-state index in [0.29, 0.717) is 11.8 Å². The van der Waals surface area contributed by atoms with Crippen molar-refractivity contribution in [2.45, 2.75) is 45.2 Å². The van der Waals surface area contributed by atoms with Crippen LogP contribution >= 0.6 is 0 Å². The van der Waals surface area contributed by atoms with Gasteiger partial charge in [0.15, 0.2) is 0 Å². The highest BCUT2D eigenvalue weighted by Gasteiger charge is 2.28. The molecule has 1 aromatic heterocycles. The highest BCUT2D eigenvalue weighted by Crippen LogP contribution is 2.29. The number of benzene rings is 1. The Morgan fingerprint density at radius 2 is 1.96 bits per heavy atom. The molecule has 1 aliphatic rings. The van der Waals surface area contributed by atoms with E-state index < -0.39 is 0 Å². The predicted octanol–water partition coefficient (Wildman–Crippen LogP) is 3.90. The largest absolute Gasteiger partial charge is 0.467 e. The molecule has 1 fully saturated rings. The van der Waals surface area contributed by atoms with Crippen LogP contribution in [0.15, 0.2) is 53.1 Å². The van der Waals surface area contributed by atoms with E-state index >= 15 is 0 Å². The van der Waals surface area contributed by atoms with Gasteiger partial charge in [-0.05, 0) is 36.0 Å². The summed E-state index contributed by atoms with van der Waals surface area (Å²) < 4.78 is 5.57. The molecule has 1 aliphatic carbocycles. The van der Waals surface area contributed by atoms with Gasteiger partial charge in [0.05, 0.1) is 18.8 Å². The molecular weight excluding hydrogens is 312 g/mol. The molecule has 4 heteroatoms. The molecule has 2 N–H and O–H groups in total. The highest BCUT2D eigenvalue weighted by atomic mass is 16.3. The van der Waals surface area contributed by atoms with Crippen LogP contribution in [0.1, 0.15) is 50.5 Å². The molecule has 25 heavy (non-hydrogen) atoms. The molecule has 1 aromatic carbocycles. The van der Waals surface area contributed by atoms with Gasteiger partial charge in [0, 0.05) is 6.04 Å². The minimum absolute atomic E-state index is 0.0541. The molecule has 0 radical (unpaired) electrons. The van der Waals surface area contributed by atoms with Gasteiger partial charge in [-0.25, -0.2) is 0 Å². The summed E-state index contributed by atoms with van der Waals surface area (Å²) in [7, 11) is 0. The van der Waals surface area contributed by atoms with Crippen LogP contribution in [0.4, 0.5) is 0 Å². The summed E-state index contributed by atoms with van der Waals surface area (Å²) >= 11 is 0. The maximum atomic E-state index is 12.5. The van der Waals surface area contributed by atoms with Crippen molar-refractivity contribution in [1.29, 1.82) is 0 Å². The molecule has 3 rings (SSSR count). The average Bonchev–Trinajstić information content (AvgIpc) is 3.14. The summed E-state index contributed by atoms with van der Waals surface area (Å²) in [5.74, 6) is 2.08. The molecular formula is C21H28N2O2. The Kier molecular flexibility index (Phi) is 5.92. The van der Waals surface area contributed by atoms with E-state index in [9.17, 15) is 4.79 Å². The Balaban J connectivity index is 1.60. The van der Waals surface area contributed by atoms with Crippen molar-refractivity contribution in [1.82, 2.24) is 10.6 Å². The molecule has 4 atom stereocenters. The van der Waals surface area contributed by atoms with Crippen LogP contribution in [0.2, 0.25) is 0 Å². The third-order valence-corrected chi connectivity index (χ3v) is 5.48. The van der Waals surface area contributed by atoms with Crippen LogP contribution in [0.25, 0.3) is 0 Å². The molecule has 2 aromatic rings. The fourth-order valence-electron chi connectivity index (χ4n) is 3.72. The summed E-state index contributed by atoms with van der Waals surface area (Å²) in [6.45, 7) is 4.80. The molecule has 1 saturated carbocycles. The highest BCUT2D eigenvalue weighted by molar-refractivity contribution is 5.78. The minimum atomic E-state index is -0.121. The summed E-state index contributed by atoms with van der Waals surface area (Å²) in [5.41, 5.74) is 1.09. The van der Waals surface area contributed by atoms with E-state index in [1.54, 1.807) is 6.26 Å². The summed E-state index contributed by atoms with van der Waals surface area (Å²) in [5, 5.41) is 6.57. The first kappa shape index (κ1) is 17.7. The van der Waals surface area contributed by atoms with E-state index in [-0.39, 0.29) is 24.5 Å². The zero-order chi connectivity index (χ0) is 17.6. The summed E-state index contributed by atoms with van der Waals surface area (Å²) in [6, 6.07) is 14.1. The van der Waals surface area contributed by atoms with Gasteiger partial charge in [-0.3, -0.25) is 10.1 Å². The smallest absolute Gasteiger partial charge is 0.234 e. The molecule has 0 spiro atoms. The lowest BCUT2D eigenvalue weighted by atomic mass is 9.78. The Morgan fingerprint density at radius 1 is 1.16 bits per heavy atom. The van der Waals surface area contributed by atoms with Crippen molar-refractivity contribution >= 4 is 5.91 Å². The topological polar surface area (TPSA) is 54.3 Å². The lowest BCUT2D eigenvalue weighted by Gasteiger charge is -2.34. The van der Waals surface area contributed by atoms with Crippen molar-refractivity contribution in [3.05, 3.63) is 60.1 Å². The van der Waals surface area contributed by atoms with Crippen LogP contribution in [-0.2, 0) is 4.79 Å². The fraction of sp³-hybridized carbons (Fsp3) is 0.476. The quantitative estimate of drug-likeness (QED) is 0.838. The number of amides is 1. The van der Waals surface area contributed by atoms with Gasteiger partial charge in [0.1, 0.15) is 5.76 Å². The number of carbonyl (C=O) groups excluding carboxylic acids is 1. The van der Waals surface area contributed by atoms with Gasteiger partial charge in [-0.2, -0.15) is 0 Å². The normalized spacial score (nSPS) is 24.6. The SMILES string of the molecule is C[C@@H]1[C@H](C)CCC[C@@H]1NC(=O)CN[C@@H](c1ccccc1)c1ccco1. The molecule has 134 valence electrons. The van der Waals surface area contributed by atoms with E-state index in [1.165, 1.54) is 12.8 Å². The van der Waals surface area contributed by atoms with Crippen LogP contribution in [0.3, 0.4) is 0 Å². The number of rotatable bonds is 6. The second-order valence-corrected chi connectivity index (χ2v) is 7.18. The molecule has 1 amide bonds.